The lowest BCUT2D eigenvalue weighted by molar-refractivity contribution is 0.0871. The molecule has 3 atom stereocenters. The number of rotatable bonds is 5. The van der Waals surface area contributed by atoms with E-state index in [2.05, 4.69) is 34.0 Å². The van der Waals surface area contributed by atoms with Crippen LogP contribution in [0.3, 0.4) is 0 Å². The van der Waals surface area contributed by atoms with Crippen molar-refractivity contribution in [1.82, 2.24) is 15.8 Å². The second-order valence-corrected chi connectivity index (χ2v) is 7.60. The zero-order valence-corrected chi connectivity index (χ0v) is 13.8. The molecule has 0 aromatic heterocycles. The highest BCUT2D eigenvalue weighted by Gasteiger charge is 2.49. The lowest BCUT2D eigenvalue weighted by Gasteiger charge is -2.24. The first-order valence-corrected chi connectivity index (χ1v) is 8.83. The van der Waals surface area contributed by atoms with Crippen LogP contribution in [-0.4, -0.2) is 29.6 Å². The van der Waals surface area contributed by atoms with Gasteiger partial charge in [-0.3, -0.25) is 5.32 Å². The predicted molar refractivity (Wildman–Crippen MR) is 91.1 cm³/mol. The highest BCUT2D eigenvalue weighted by Crippen LogP contribution is 2.60. The van der Waals surface area contributed by atoms with Crippen LogP contribution in [0.1, 0.15) is 37.7 Å². The largest absolute Gasteiger partial charge is 0.378 e. The molecule has 0 bridgehead atoms. The molecule has 1 aromatic rings. The minimum atomic E-state index is -0.541. The summed E-state index contributed by atoms with van der Waals surface area (Å²) in [6, 6.07) is 10.1. The standard InChI is InChI=1S/C19H27N3O/c1-22-17(20-18(23)11-14-5-3-2-4-6-14)12-16(21-22)15-7-8-19(13-15)9-10-19/h2-6,12,15,17-18,20-21,23H,7-11,13H2,1H3/t15-,17?,18?/m0/s1. The Labute approximate surface area is 138 Å². The van der Waals surface area contributed by atoms with Gasteiger partial charge >= 0.3 is 0 Å². The highest BCUT2D eigenvalue weighted by atomic mass is 16.3. The molecule has 2 fully saturated rings. The minimum Gasteiger partial charge on any atom is -0.378 e. The smallest absolute Gasteiger partial charge is 0.110 e. The Hall–Kier alpha value is -1.36. The van der Waals surface area contributed by atoms with Crippen molar-refractivity contribution in [3.8, 4) is 0 Å². The topological polar surface area (TPSA) is 47.5 Å². The van der Waals surface area contributed by atoms with Crippen LogP contribution in [0.2, 0.25) is 0 Å². The van der Waals surface area contributed by atoms with Gasteiger partial charge in [0, 0.05) is 25.1 Å². The number of hydrogen-bond donors (Lipinski definition) is 3. The summed E-state index contributed by atoms with van der Waals surface area (Å²) in [6.07, 6.45) is 9.33. The third-order valence-electron chi connectivity index (χ3n) is 5.79. The fraction of sp³-hybridized carbons (Fsp3) is 0.579. The second kappa shape index (κ2) is 5.93. The van der Waals surface area contributed by atoms with Crippen molar-refractivity contribution in [2.45, 2.75) is 50.9 Å². The molecule has 3 aliphatic rings. The van der Waals surface area contributed by atoms with Crippen LogP contribution < -0.4 is 10.7 Å². The van der Waals surface area contributed by atoms with Crippen molar-refractivity contribution in [2.24, 2.45) is 11.3 Å². The van der Waals surface area contributed by atoms with Crippen molar-refractivity contribution in [2.75, 3.05) is 7.05 Å². The van der Waals surface area contributed by atoms with E-state index in [1.807, 2.05) is 25.2 Å². The van der Waals surface area contributed by atoms with E-state index in [1.165, 1.54) is 37.8 Å². The number of aliphatic hydroxyl groups is 1. The maximum Gasteiger partial charge on any atom is 0.110 e. The molecule has 0 radical (unpaired) electrons. The summed E-state index contributed by atoms with van der Waals surface area (Å²) >= 11 is 0. The van der Waals surface area contributed by atoms with Crippen molar-refractivity contribution in [3.05, 3.63) is 47.7 Å². The van der Waals surface area contributed by atoms with Crippen LogP contribution in [0.4, 0.5) is 0 Å². The van der Waals surface area contributed by atoms with Crippen LogP contribution in [0.15, 0.2) is 42.1 Å². The number of hydrazine groups is 1. The Balaban J connectivity index is 1.35. The Morgan fingerprint density at radius 3 is 2.78 bits per heavy atom. The van der Waals surface area contributed by atoms with Crippen molar-refractivity contribution < 1.29 is 5.11 Å². The first-order valence-electron chi connectivity index (χ1n) is 8.83. The Morgan fingerprint density at radius 2 is 2.09 bits per heavy atom. The maximum atomic E-state index is 10.3. The third kappa shape index (κ3) is 3.30. The normalized spacial score (nSPS) is 30.3. The van der Waals surface area contributed by atoms with E-state index < -0.39 is 6.23 Å². The van der Waals surface area contributed by atoms with Gasteiger partial charge in [-0.15, -0.1) is 0 Å². The molecule has 2 saturated carbocycles. The number of nitrogens with one attached hydrogen (secondary N) is 2. The predicted octanol–water partition coefficient (Wildman–Crippen LogP) is 2.38. The number of nitrogens with zero attached hydrogens (tertiary/aromatic N) is 1. The number of hydrogen-bond acceptors (Lipinski definition) is 4. The van der Waals surface area contributed by atoms with Gasteiger partial charge in [-0.2, -0.15) is 0 Å². The molecule has 2 aliphatic carbocycles. The van der Waals surface area contributed by atoms with Crippen LogP contribution in [0.25, 0.3) is 0 Å². The minimum absolute atomic E-state index is 0.0551. The fourth-order valence-electron chi connectivity index (χ4n) is 4.18. The number of benzene rings is 1. The monoisotopic (exact) mass is 313 g/mol. The first kappa shape index (κ1) is 15.2. The first-order chi connectivity index (χ1) is 11.1. The van der Waals surface area contributed by atoms with Gasteiger partial charge in [0.1, 0.15) is 12.4 Å². The fourth-order valence-corrected chi connectivity index (χ4v) is 4.18. The van der Waals surface area contributed by atoms with Crippen LogP contribution >= 0.6 is 0 Å². The van der Waals surface area contributed by atoms with Gasteiger partial charge in [-0.25, -0.2) is 5.01 Å². The molecule has 4 rings (SSSR count). The summed E-state index contributed by atoms with van der Waals surface area (Å²) in [4.78, 5) is 0. The van der Waals surface area contributed by atoms with Crippen LogP contribution in [-0.2, 0) is 6.42 Å². The molecule has 1 aliphatic heterocycles. The highest BCUT2D eigenvalue weighted by molar-refractivity contribution is 5.18. The number of aliphatic hydroxyl groups excluding tert-OH is 1. The van der Waals surface area contributed by atoms with Crippen molar-refractivity contribution in [1.29, 1.82) is 0 Å². The lowest BCUT2D eigenvalue weighted by Crippen LogP contribution is -2.48. The Bertz CT molecular complexity index is 582. The lowest BCUT2D eigenvalue weighted by atomic mass is 10.00. The summed E-state index contributed by atoms with van der Waals surface area (Å²) in [5.74, 6) is 0.679. The summed E-state index contributed by atoms with van der Waals surface area (Å²) in [7, 11) is 2.04. The van der Waals surface area contributed by atoms with Gasteiger partial charge in [0.25, 0.3) is 0 Å². The molecule has 1 heterocycles. The van der Waals surface area contributed by atoms with E-state index in [4.69, 9.17) is 0 Å². The third-order valence-corrected chi connectivity index (χ3v) is 5.79. The molecule has 23 heavy (non-hydrogen) atoms. The van der Waals surface area contributed by atoms with E-state index in [0.29, 0.717) is 17.8 Å². The molecular weight excluding hydrogens is 286 g/mol. The summed E-state index contributed by atoms with van der Waals surface area (Å²) < 4.78 is 0. The molecule has 4 nitrogen and oxygen atoms in total. The van der Waals surface area contributed by atoms with Gasteiger partial charge < -0.3 is 10.5 Å². The molecule has 124 valence electrons. The van der Waals surface area contributed by atoms with E-state index in [-0.39, 0.29) is 6.17 Å². The summed E-state index contributed by atoms with van der Waals surface area (Å²) in [6.45, 7) is 0. The van der Waals surface area contributed by atoms with Gasteiger partial charge in [-0.05, 0) is 49.2 Å². The van der Waals surface area contributed by atoms with Crippen LogP contribution in [0.5, 0.6) is 0 Å². The maximum absolute atomic E-state index is 10.3. The number of likely N-dealkylation sites (N-methyl/N-ethyl adjacent to an activating group) is 1. The van der Waals surface area contributed by atoms with Crippen LogP contribution in [0, 0.1) is 11.3 Å². The van der Waals surface area contributed by atoms with Gasteiger partial charge in [0.05, 0.1) is 0 Å². The van der Waals surface area contributed by atoms with E-state index in [0.717, 1.165) is 5.56 Å². The Kier molecular flexibility index (Phi) is 3.92. The average molecular weight is 313 g/mol. The summed E-state index contributed by atoms with van der Waals surface area (Å²) in [5.41, 5.74) is 6.70. The molecule has 0 amide bonds. The average Bonchev–Trinajstić information content (AvgIpc) is 3.00. The van der Waals surface area contributed by atoms with Gasteiger partial charge in [-0.1, -0.05) is 30.3 Å². The molecular formula is C19H27N3O. The quantitative estimate of drug-likeness (QED) is 0.731. The second-order valence-electron chi connectivity index (χ2n) is 7.60. The Morgan fingerprint density at radius 1 is 1.30 bits per heavy atom. The molecule has 1 aromatic carbocycles. The van der Waals surface area contributed by atoms with E-state index in [1.54, 1.807) is 0 Å². The van der Waals surface area contributed by atoms with Gasteiger partial charge in [0.2, 0.25) is 0 Å². The summed E-state index contributed by atoms with van der Waals surface area (Å²) in [5, 5.41) is 15.7. The molecule has 2 unspecified atom stereocenters. The number of allylic oxidation sites excluding steroid dienone is 1. The zero-order valence-electron chi connectivity index (χ0n) is 13.8. The molecule has 4 heteroatoms. The molecule has 1 spiro atoms. The SMILES string of the molecule is CN1NC([C@H]2CCC3(CC3)C2)=CC1NC(O)Cc1ccccc1. The van der Waals surface area contributed by atoms with Crippen molar-refractivity contribution in [3.63, 3.8) is 0 Å². The van der Waals surface area contributed by atoms with Crippen molar-refractivity contribution >= 4 is 0 Å². The molecule has 3 N–H and O–H groups in total. The zero-order chi connectivity index (χ0) is 15.9. The van der Waals surface area contributed by atoms with E-state index in [9.17, 15) is 5.11 Å². The molecule has 0 saturated heterocycles. The van der Waals surface area contributed by atoms with E-state index >= 15 is 0 Å². The van der Waals surface area contributed by atoms with Gasteiger partial charge in [0.15, 0.2) is 0 Å².